The normalized spacial score (nSPS) is 11.5. The molecule has 10 heteroatoms. The lowest BCUT2D eigenvalue weighted by molar-refractivity contribution is 0.783. The molecule has 138 valence electrons. The van der Waals surface area contributed by atoms with Crippen LogP contribution in [0.5, 0.6) is 0 Å². The van der Waals surface area contributed by atoms with Crippen LogP contribution in [0.3, 0.4) is 0 Å². The summed E-state index contributed by atoms with van der Waals surface area (Å²) in [6, 6.07) is 5.80. The van der Waals surface area contributed by atoms with E-state index >= 15 is 0 Å². The van der Waals surface area contributed by atoms with Crippen molar-refractivity contribution in [2.45, 2.75) is 6.54 Å². The molecule has 5 aromatic rings. The number of imidazole rings is 1. The Morgan fingerprint density at radius 1 is 1.11 bits per heavy atom. The molecule has 0 radical (unpaired) electrons. The molecule has 5 rings (SSSR count). The molecule has 28 heavy (non-hydrogen) atoms. The van der Waals surface area contributed by atoms with Gasteiger partial charge in [0.25, 0.3) is 0 Å². The molecule has 8 nitrogen and oxygen atoms in total. The van der Waals surface area contributed by atoms with Gasteiger partial charge in [-0.2, -0.15) is 5.10 Å². The van der Waals surface area contributed by atoms with E-state index in [0.717, 1.165) is 11.1 Å². The molecule has 0 amide bonds. The van der Waals surface area contributed by atoms with E-state index in [1.807, 2.05) is 24.4 Å². The average molecular weight is 411 g/mol. The van der Waals surface area contributed by atoms with Crippen molar-refractivity contribution in [2.24, 2.45) is 0 Å². The van der Waals surface area contributed by atoms with E-state index in [0.29, 0.717) is 39.1 Å². The van der Waals surface area contributed by atoms with Crippen LogP contribution in [0.15, 0.2) is 49.3 Å². The molecule has 0 unspecified atom stereocenters. The third-order valence-corrected chi connectivity index (χ3v) is 5.13. The number of nitrogens with zero attached hydrogens (tertiary/aromatic N) is 6. The Balaban J connectivity index is 1.69. The van der Waals surface area contributed by atoms with E-state index in [-0.39, 0.29) is 5.49 Å². The number of H-pyrrole nitrogens is 1. The Morgan fingerprint density at radius 3 is 2.75 bits per heavy atom. The Morgan fingerprint density at radius 2 is 1.93 bits per heavy atom. The van der Waals surface area contributed by atoms with Crippen LogP contribution in [-0.2, 0) is 6.54 Å². The lowest BCUT2D eigenvalue weighted by atomic mass is 10.2. The van der Waals surface area contributed by atoms with Crippen LogP contribution >= 0.6 is 23.2 Å². The molecule has 2 N–H and O–H groups in total. The SMILES string of the molecule is N=c1ncn(Cc2c(Cl)cncc2Cl)c2nc(-c3cnn4ccccc34)[nH]c12. The topological polar surface area (TPSA) is 101 Å². The monoisotopic (exact) mass is 410 g/mol. The van der Waals surface area contributed by atoms with Crippen LogP contribution in [0.1, 0.15) is 5.56 Å². The van der Waals surface area contributed by atoms with Crippen molar-refractivity contribution in [3.8, 4) is 11.4 Å². The first-order valence-electron chi connectivity index (χ1n) is 8.32. The molecule has 0 aliphatic carbocycles. The third-order valence-electron chi connectivity index (χ3n) is 4.48. The fraction of sp³-hybridized carbons (Fsp3) is 0.0556. The number of pyridine rings is 2. The minimum absolute atomic E-state index is 0.105. The first-order chi connectivity index (χ1) is 13.6. The quantitative estimate of drug-likeness (QED) is 0.476. The second-order valence-electron chi connectivity index (χ2n) is 6.18. The van der Waals surface area contributed by atoms with Gasteiger partial charge in [-0.3, -0.25) is 10.4 Å². The fourth-order valence-corrected chi connectivity index (χ4v) is 3.59. The van der Waals surface area contributed by atoms with E-state index in [9.17, 15) is 0 Å². The fourth-order valence-electron chi connectivity index (χ4n) is 3.10. The maximum atomic E-state index is 8.15. The van der Waals surface area contributed by atoms with E-state index in [4.69, 9.17) is 33.6 Å². The molecular formula is C18H12Cl2N8. The van der Waals surface area contributed by atoms with Gasteiger partial charge in [-0.05, 0) is 12.1 Å². The summed E-state index contributed by atoms with van der Waals surface area (Å²) in [5, 5.41) is 13.4. The number of rotatable bonds is 3. The first kappa shape index (κ1) is 16.9. The summed E-state index contributed by atoms with van der Waals surface area (Å²) >= 11 is 12.5. The van der Waals surface area contributed by atoms with Gasteiger partial charge in [-0.15, -0.1) is 0 Å². The van der Waals surface area contributed by atoms with Crippen molar-refractivity contribution in [1.29, 1.82) is 5.41 Å². The highest BCUT2D eigenvalue weighted by atomic mass is 35.5. The summed E-state index contributed by atoms with van der Waals surface area (Å²) in [7, 11) is 0. The molecule has 0 atom stereocenters. The molecule has 0 fully saturated rings. The molecule has 0 spiro atoms. The number of nitrogens with one attached hydrogen (secondary N) is 2. The van der Waals surface area contributed by atoms with Crippen LogP contribution in [0, 0.1) is 5.41 Å². The highest BCUT2D eigenvalue weighted by molar-refractivity contribution is 6.35. The van der Waals surface area contributed by atoms with Gasteiger partial charge in [0.15, 0.2) is 11.1 Å². The van der Waals surface area contributed by atoms with Gasteiger partial charge in [-0.1, -0.05) is 29.3 Å². The highest BCUT2D eigenvalue weighted by Gasteiger charge is 2.15. The van der Waals surface area contributed by atoms with Gasteiger partial charge in [0, 0.05) is 24.2 Å². The summed E-state index contributed by atoms with van der Waals surface area (Å²) in [6.45, 7) is 0.350. The van der Waals surface area contributed by atoms with Crippen molar-refractivity contribution in [1.82, 2.24) is 34.1 Å². The summed E-state index contributed by atoms with van der Waals surface area (Å²) in [4.78, 5) is 16.0. The van der Waals surface area contributed by atoms with Crippen LogP contribution in [0.4, 0.5) is 0 Å². The van der Waals surface area contributed by atoms with Gasteiger partial charge >= 0.3 is 0 Å². The molecule has 0 aromatic carbocycles. The van der Waals surface area contributed by atoms with Crippen molar-refractivity contribution in [3.63, 3.8) is 0 Å². The van der Waals surface area contributed by atoms with Gasteiger partial charge in [0.1, 0.15) is 11.3 Å². The van der Waals surface area contributed by atoms with Crippen LogP contribution in [0.25, 0.3) is 28.1 Å². The second-order valence-corrected chi connectivity index (χ2v) is 6.99. The molecule has 0 aliphatic rings. The number of hydrogen-bond acceptors (Lipinski definition) is 5. The van der Waals surface area contributed by atoms with Gasteiger partial charge in [0.2, 0.25) is 0 Å². The summed E-state index contributed by atoms with van der Waals surface area (Å²) < 4.78 is 3.57. The van der Waals surface area contributed by atoms with E-state index in [1.165, 1.54) is 0 Å². The first-order valence-corrected chi connectivity index (χ1v) is 9.08. The Labute approximate surface area is 167 Å². The van der Waals surface area contributed by atoms with Crippen molar-refractivity contribution in [3.05, 3.63) is 70.4 Å². The smallest absolute Gasteiger partial charge is 0.173 e. The number of halogens is 2. The van der Waals surface area contributed by atoms with E-state index in [2.05, 4.69) is 20.1 Å². The van der Waals surface area contributed by atoms with Crippen molar-refractivity contribution < 1.29 is 0 Å². The highest BCUT2D eigenvalue weighted by Crippen LogP contribution is 2.26. The molecular weight excluding hydrogens is 399 g/mol. The van der Waals surface area contributed by atoms with Gasteiger partial charge in [0.05, 0.1) is 40.2 Å². The number of hydrogen-bond donors (Lipinski definition) is 2. The molecule has 5 aromatic heterocycles. The molecule has 0 saturated carbocycles. The lowest BCUT2D eigenvalue weighted by Gasteiger charge is -2.09. The zero-order valence-corrected chi connectivity index (χ0v) is 15.8. The standard InChI is InChI=1S/C18H12Cl2N8/c19-12-6-22-7-13(20)11(12)8-27-9-23-16(21)15-18(27)26-17(25-15)10-5-24-28-4-2-1-3-14(10)28/h1-7,9,21H,8H2,(H,25,26). The minimum Gasteiger partial charge on any atom is -0.333 e. The minimum atomic E-state index is 0.105. The summed E-state index contributed by atoms with van der Waals surface area (Å²) in [6.07, 6.45) is 8.25. The largest absolute Gasteiger partial charge is 0.333 e. The Hall–Kier alpha value is -3.23. The van der Waals surface area contributed by atoms with E-state index in [1.54, 1.807) is 34.0 Å². The molecule has 5 heterocycles. The lowest BCUT2D eigenvalue weighted by Crippen LogP contribution is -2.13. The van der Waals surface area contributed by atoms with Crippen molar-refractivity contribution >= 4 is 39.9 Å². The predicted molar refractivity (Wildman–Crippen MR) is 105 cm³/mol. The summed E-state index contributed by atoms with van der Waals surface area (Å²) in [5.41, 5.74) is 3.66. The number of fused-ring (bicyclic) bond motifs is 2. The van der Waals surface area contributed by atoms with Crippen LogP contribution in [0.2, 0.25) is 10.0 Å². The molecule has 0 aliphatic heterocycles. The van der Waals surface area contributed by atoms with Gasteiger partial charge in [-0.25, -0.2) is 14.5 Å². The molecule has 0 bridgehead atoms. The van der Waals surface area contributed by atoms with Crippen molar-refractivity contribution in [2.75, 3.05) is 0 Å². The summed E-state index contributed by atoms with van der Waals surface area (Å²) in [5.74, 6) is 0.610. The zero-order valence-electron chi connectivity index (χ0n) is 14.3. The maximum Gasteiger partial charge on any atom is 0.173 e. The number of aromatic nitrogens is 7. The second kappa shape index (κ2) is 6.43. The third kappa shape index (κ3) is 2.65. The molecule has 0 saturated heterocycles. The zero-order chi connectivity index (χ0) is 19.3. The average Bonchev–Trinajstić information content (AvgIpc) is 3.31. The van der Waals surface area contributed by atoms with Crippen LogP contribution < -0.4 is 5.49 Å². The Kier molecular flexibility index (Phi) is 3.88. The number of aromatic amines is 1. The predicted octanol–water partition coefficient (Wildman–Crippen LogP) is 3.30. The Bertz CT molecular complexity index is 1380. The maximum absolute atomic E-state index is 8.15. The van der Waals surface area contributed by atoms with Crippen LogP contribution in [-0.4, -0.2) is 34.1 Å². The van der Waals surface area contributed by atoms with E-state index < -0.39 is 0 Å². The van der Waals surface area contributed by atoms with Gasteiger partial charge < -0.3 is 9.55 Å².